The van der Waals surface area contributed by atoms with Gasteiger partial charge in [-0.25, -0.2) is 0 Å². The summed E-state index contributed by atoms with van der Waals surface area (Å²) in [5, 5.41) is 0. The van der Waals surface area contributed by atoms with Crippen LogP contribution in [-0.2, 0) is 4.74 Å². The summed E-state index contributed by atoms with van der Waals surface area (Å²) in [6.45, 7) is 10.9. The van der Waals surface area contributed by atoms with E-state index in [0.29, 0.717) is 17.9 Å². The average molecular weight is 286 g/mol. The molecule has 1 nitrogen and oxygen atoms in total. The minimum atomic E-state index is 0.153. The number of rotatable bonds is 6. The van der Waals surface area contributed by atoms with Gasteiger partial charge in [0.15, 0.2) is 0 Å². The summed E-state index contributed by atoms with van der Waals surface area (Å²) in [6, 6.07) is 10.6. The first kappa shape index (κ1) is 16.3. The standard InChI is InChI=1S/C20H30O/c1-5-9-19(17-10-7-6-8-11-17)21-20-14-16(4)12-13-18(20)15(2)3/h5-8,10-11,15-16,18-20H,1,9,12-14H2,2-4H3/t16-,18+,19?,20-/m1/s1. The van der Waals surface area contributed by atoms with Crippen LogP contribution in [0.2, 0.25) is 0 Å². The highest BCUT2D eigenvalue weighted by atomic mass is 16.5. The van der Waals surface area contributed by atoms with E-state index in [9.17, 15) is 0 Å². The van der Waals surface area contributed by atoms with Gasteiger partial charge >= 0.3 is 0 Å². The fourth-order valence-corrected chi connectivity index (χ4v) is 3.57. The van der Waals surface area contributed by atoms with Crippen molar-refractivity contribution >= 4 is 0 Å². The van der Waals surface area contributed by atoms with E-state index in [1.165, 1.54) is 24.8 Å². The molecule has 0 aromatic heterocycles. The Morgan fingerprint density at radius 3 is 2.57 bits per heavy atom. The minimum Gasteiger partial charge on any atom is -0.370 e. The molecule has 1 aliphatic rings. The highest BCUT2D eigenvalue weighted by Gasteiger charge is 2.33. The van der Waals surface area contributed by atoms with Gasteiger partial charge in [-0.1, -0.05) is 63.6 Å². The second-order valence-electron chi connectivity index (χ2n) is 6.92. The molecule has 1 aliphatic carbocycles. The highest BCUT2D eigenvalue weighted by Crippen LogP contribution is 2.38. The topological polar surface area (TPSA) is 9.23 Å². The van der Waals surface area contributed by atoms with E-state index in [1.807, 2.05) is 6.08 Å². The van der Waals surface area contributed by atoms with Crippen molar-refractivity contribution in [1.82, 2.24) is 0 Å². The van der Waals surface area contributed by atoms with Gasteiger partial charge < -0.3 is 4.74 Å². The summed E-state index contributed by atoms with van der Waals surface area (Å²) in [5.41, 5.74) is 1.28. The molecule has 0 N–H and O–H groups in total. The van der Waals surface area contributed by atoms with Crippen molar-refractivity contribution in [1.29, 1.82) is 0 Å². The fraction of sp³-hybridized carbons (Fsp3) is 0.600. The van der Waals surface area contributed by atoms with E-state index in [2.05, 4.69) is 57.7 Å². The van der Waals surface area contributed by atoms with E-state index >= 15 is 0 Å². The van der Waals surface area contributed by atoms with Crippen LogP contribution in [0.25, 0.3) is 0 Å². The Morgan fingerprint density at radius 2 is 1.95 bits per heavy atom. The fourth-order valence-electron chi connectivity index (χ4n) is 3.57. The first-order chi connectivity index (χ1) is 10.1. The highest BCUT2D eigenvalue weighted by molar-refractivity contribution is 5.18. The molecule has 0 bridgehead atoms. The Bertz CT molecular complexity index is 423. The van der Waals surface area contributed by atoms with Gasteiger partial charge in [0.05, 0.1) is 12.2 Å². The summed E-state index contributed by atoms with van der Waals surface area (Å²) < 4.78 is 6.59. The van der Waals surface area contributed by atoms with Gasteiger partial charge in [0, 0.05) is 0 Å². The van der Waals surface area contributed by atoms with Gasteiger partial charge in [-0.15, -0.1) is 6.58 Å². The predicted octanol–water partition coefficient (Wildman–Crippen LogP) is 5.78. The zero-order valence-corrected chi connectivity index (χ0v) is 13.8. The van der Waals surface area contributed by atoms with Crippen molar-refractivity contribution in [2.45, 2.75) is 58.7 Å². The van der Waals surface area contributed by atoms with Crippen LogP contribution in [0.15, 0.2) is 43.0 Å². The molecule has 21 heavy (non-hydrogen) atoms. The van der Waals surface area contributed by atoms with E-state index < -0.39 is 0 Å². The molecule has 1 aromatic rings. The lowest BCUT2D eigenvalue weighted by Crippen LogP contribution is -2.35. The Labute approximate surface area is 130 Å². The summed E-state index contributed by atoms with van der Waals surface area (Å²) in [5.74, 6) is 2.17. The number of ether oxygens (including phenoxy) is 1. The molecule has 1 aromatic carbocycles. The molecular weight excluding hydrogens is 256 g/mol. The maximum atomic E-state index is 6.59. The summed E-state index contributed by atoms with van der Waals surface area (Å²) in [4.78, 5) is 0. The minimum absolute atomic E-state index is 0.153. The van der Waals surface area contributed by atoms with Crippen LogP contribution in [0.3, 0.4) is 0 Å². The number of hydrogen-bond acceptors (Lipinski definition) is 1. The van der Waals surface area contributed by atoms with Gasteiger partial charge in [0.25, 0.3) is 0 Å². The van der Waals surface area contributed by atoms with Gasteiger partial charge in [0.1, 0.15) is 0 Å². The molecular formula is C20H30O. The molecule has 1 saturated carbocycles. The molecule has 0 aliphatic heterocycles. The Kier molecular flexibility index (Phi) is 6.05. The molecule has 1 heteroatoms. The first-order valence-corrected chi connectivity index (χ1v) is 8.43. The van der Waals surface area contributed by atoms with Crippen molar-refractivity contribution in [3.8, 4) is 0 Å². The Hall–Kier alpha value is -1.08. The van der Waals surface area contributed by atoms with E-state index in [1.54, 1.807) is 0 Å². The smallest absolute Gasteiger partial charge is 0.0863 e. The van der Waals surface area contributed by atoms with Crippen LogP contribution in [0.5, 0.6) is 0 Å². The molecule has 4 atom stereocenters. The predicted molar refractivity (Wildman–Crippen MR) is 90.2 cm³/mol. The quantitative estimate of drug-likeness (QED) is 0.602. The number of hydrogen-bond donors (Lipinski definition) is 0. The molecule has 0 heterocycles. The third kappa shape index (κ3) is 4.44. The van der Waals surface area contributed by atoms with Crippen LogP contribution >= 0.6 is 0 Å². The lowest BCUT2D eigenvalue weighted by atomic mass is 9.75. The van der Waals surface area contributed by atoms with Gasteiger partial charge in [-0.05, 0) is 42.6 Å². The van der Waals surface area contributed by atoms with Crippen LogP contribution in [0.4, 0.5) is 0 Å². The molecule has 116 valence electrons. The zero-order chi connectivity index (χ0) is 15.2. The van der Waals surface area contributed by atoms with E-state index in [0.717, 1.165) is 12.3 Å². The lowest BCUT2D eigenvalue weighted by molar-refractivity contribution is -0.0809. The largest absolute Gasteiger partial charge is 0.370 e. The van der Waals surface area contributed by atoms with Crippen LogP contribution in [-0.4, -0.2) is 6.10 Å². The average Bonchev–Trinajstić information content (AvgIpc) is 2.47. The SMILES string of the molecule is C=CCC(O[C@@H]1C[C@H](C)CC[C@H]1C(C)C)c1ccccc1. The molecule has 1 fully saturated rings. The van der Waals surface area contributed by atoms with Gasteiger partial charge in [-0.3, -0.25) is 0 Å². The number of benzene rings is 1. The third-order valence-electron chi connectivity index (χ3n) is 4.85. The third-order valence-corrected chi connectivity index (χ3v) is 4.85. The molecule has 0 radical (unpaired) electrons. The second-order valence-corrected chi connectivity index (χ2v) is 6.92. The summed E-state index contributed by atoms with van der Waals surface area (Å²) in [6.07, 6.45) is 7.26. The Balaban J connectivity index is 2.12. The molecule has 0 spiro atoms. The van der Waals surface area contributed by atoms with E-state index in [-0.39, 0.29) is 6.10 Å². The molecule has 0 saturated heterocycles. The van der Waals surface area contributed by atoms with Gasteiger partial charge in [-0.2, -0.15) is 0 Å². The second kappa shape index (κ2) is 7.79. The van der Waals surface area contributed by atoms with Crippen molar-refractivity contribution in [2.24, 2.45) is 17.8 Å². The van der Waals surface area contributed by atoms with Crippen LogP contribution in [0, 0.1) is 17.8 Å². The maximum absolute atomic E-state index is 6.59. The maximum Gasteiger partial charge on any atom is 0.0863 e. The van der Waals surface area contributed by atoms with Crippen molar-refractivity contribution in [3.63, 3.8) is 0 Å². The van der Waals surface area contributed by atoms with E-state index in [4.69, 9.17) is 4.74 Å². The first-order valence-electron chi connectivity index (χ1n) is 8.43. The molecule has 0 amide bonds. The van der Waals surface area contributed by atoms with Crippen molar-refractivity contribution < 1.29 is 4.74 Å². The van der Waals surface area contributed by atoms with Crippen molar-refractivity contribution in [3.05, 3.63) is 48.6 Å². The summed E-state index contributed by atoms with van der Waals surface area (Å²) >= 11 is 0. The van der Waals surface area contributed by atoms with Gasteiger partial charge in [0.2, 0.25) is 0 Å². The van der Waals surface area contributed by atoms with Crippen LogP contribution < -0.4 is 0 Å². The van der Waals surface area contributed by atoms with Crippen LogP contribution in [0.1, 0.15) is 58.1 Å². The monoisotopic (exact) mass is 286 g/mol. The van der Waals surface area contributed by atoms with Crippen molar-refractivity contribution in [2.75, 3.05) is 0 Å². The zero-order valence-electron chi connectivity index (χ0n) is 13.8. The lowest BCUT2D eigenvalue weighted by Gasteiger charge is -2.39. The molecule has 1 unspecified atom stereocenters. The normalized spacial score (nSPS) is 27.5. The molecule has 2 rings (SSSR count). The summed E-state index contributed by atoms with van der Waals surface area (Å²) in [7, 11) is 0. The Morgan fingerprint density at radius 1 is 1.24 bits per heavy atom.